The maximum atomic E-state index is 10.8. The van der Waals surface area contributed by atoms with Crippen molar-refractivity contribution in [2.75, 3.05) is 18.5 Å². The van der Waals surface area contributed by atoms with E-state index in [0.717, 1.165) is 5.69 Å². The zero-order chi connectivity index (χ0) is 14.4. The molecule has 2 aromatic carbocycles. The van der Waals surface area contributed by atoms with Crippen LogP contribution in [0.5, 0.6) is 5.75 Å². The van der Waals surface area contributed by atoms with E-state index in [1.165, 1.54) is 12.1 Å². The number of carbonyl (C=O) groups is 1. The highest BCUT2D eigenvalue weighted by Crippen LogP contribution is 2.20. The molecule has 2 N–H and O–H groups in total. The summed E-state index contributed by atoms with van der Waals surface area (Å²) in [6.07, 6.45) is 0. The van der Waals surface area contributed by atoms with Crippen LogP contribution in [0.1, 0.15) is 10.4 Å². The lowest BCUT2D eigenvalue weighted by molar-refractivity contribution is 0.0696. The Labute approximate surface area is 122 Å². The van der Waals surface area contributed by atoms with Crippen LogP contribution in [0.15, 0.2) is 48.5 Å². The first kappa shape index (κ1) is 14.2. The lowest BCUT2D eigenvalue weighted by atomic mass is 10.2. The number of hydrogen-bond donors (Lipinski definition) is 2. The highest BCUT2D eigenvalue weighted by atomic mass is 35.5. The summed E-state index contributed by atoms with van der Waals surface area (Å²) >= 11 is 6.01. The Kier molecular flexibility index (Phi) is 4.85. The second kappa shape index (κ2) is 6.82. The number of para-hydroxylation sites is 1. The molecule has 104 valence electrons. The van der Waals surface area contributed by atoms with Gasteiger partial charge in [-0.05, 0) is 30.3 Å². The summed E-state index contributed by atoms with van der Waals surface area (Å²) in [5.41, 5.74) is 1.05. The predicted octanol–water partition coefficient (Wildman–Crippen LogP) is 3.53. The molecule has 0 saturated heterocycles. The summed E-state index contributed by atoms with van der Waals surface area (Å²) in [7, 11) is 0. The largest absolute Gasteiger partial charge is 0.492 e. The van der Waals surface area contributed by atoms with Crippen molar-refractivity contribution >= 4 is 23.3 Å². The first-order valence-electron chi connectivity index (χ1n) is 6.11. The second-order valence-electron chi connectivity index (χ2n) is 4.09. The molecule has 0 bridgehead atoms. The number of benzene rings is 2. The molecular formula is C15H14ClNO3. The number of anilines is 1. The van der Waals surface area contributed by atoms with Crippen molar-refractivity contribution in [3.8, 4) is 5.75 Å². The number of aromatic carboxylic acids is 1. The van der Waals surface area contributed by atoms with Crippen molar-refractivity contribution in [1.29, 1.82) is 0 Å². The summed E-state index contributed by atoms with van der Waals surface area (Å²) in [6.45, 7) is 0.981. The van der Waals surface area contributed by atoms with Gasteiger partial charge >= 0.3 is 5.97 Å². The monoisotopic (exact) mass is 291 g/mol. The number of nitrogens with one attached hydrogen (secondary N) is 1. The van der Waals surface area contributed by atoms with Gasteiger partial charge in [0.25, 0.3) is 0 Å². The highest BCUT2D eigenvalue weighted by Gasteiger charge is 2.03. The molecule has 0 saturated carbocycles. The molecule has 0 fully saturated rings. The van der Waals surface area contributed by atoms with Crippen LogP contribution in [0.3, 0.4) is 0 Å². The Morgan fingerprint density at radius 3 is 2.75 bits per heavy atom. The molecule has 0 radical (unpaired) electrons. The third-order valence-electron chi connectivity index (χ3n) is 2.64. The minimum absolute atomic E-state index is 0.210. The highest BCUT2D eigenvalue weighted by molar-refractivity contribution is 6.33. The van der Waals surface area contributed by atoms with Gasteiger partial charge < -0.3 is 15.2 Å². The van der Waals surface area contributed by atoms with Crippen LogP contribution in [-0.2, 0) is 0 Å². The fraction of sp³-hybridized carbons (Fsp3) is 0.133. The zero-order valence-corrected chi connectivity index (χ0v) is 11.4. The fourth-order valence-electron chi connectivity index (χ4n) is 1.68. The van der Waals surface area contributed by atoms with Crippen LogP contribution in [0.2, 0.25) is 5.02 Å². The molecule has 0 aliphatic rings. The number of halogens is 1. The average Bonchev–Trinajstić information content (AvgIpc) is 2.45. The molecule has 0 heterocycles. The third kappa shape index (κ3) is 3.90. The molecular weight excluding hydrogens is 278 g/mol. The molecule has 2 aromatic rings. The van der Waals surface area contributed by atoms with E-state index in [0.29, 0.717) is 23.9 Å². The van der Waals surface area contributed by atoms with Crippen molar-refractivity contribution < 1.29 is 14.6 Å². The van der Waals surface area contributed by atoms with Gasteiger partial charge in [0.1, 0.15) is 12.4 Å². The fourth-order valence-corrected chi connectivity index (χ4v) is 1.88. The van der Waals surface area contributed by atoms with Crippen molar-refractivity contribution in [2.24, 2.45) is 0 Å². The van der Waals surface area contributed by atoms with E-state index in [4.69, 9.17) is 21.4 Å². The van der Waals surface area contributed by atoms with Gasteiger partial charge in [-0.25, -0.2) is 4.79 Å². The SMILES string of the molecule is O=C(O)c1cccc(OCCNc2ccccc2Cl)c1. The van der Waals surface area contributed by atoms with Crippen LogP contribution >= 0.6 is 11.6 Å². The first-order valence-corrected chi connectivity index (χ1v) is 6.49. The van der Waals surface area contributed by atoms with Gasteiger partial charge in [0.2, 0.25) is 0 Å². The van der Waals surface area contributed by atoms with E-state index in [1.807, 2.05) is 18.2 Å². The molecule has 0 aromatic heterocycles. The van der Waals surface area contributed by atoms with Crippen LogP contribution in [0.4, 0.5) is 5.69 Å². The smallest absolute Gasteiger partial charge is 0.335 e. The number of ether oxygens (including phenoxy) is 1. The quantitative estimate of drug-likeness (QED) is 0.799. The molecule has 0 spiro atoms. The third-order valence-corrected chi connectivity index (χ3v) is 2.97. The van der Waals surface area contributed by atoms with E-state index >= 15 is 0 Å². The van der Waals surface area contributed by atoms with Crippen LogP contribution < -0.4 is 10.1 Å². The summed E-state index contributed by atoms with van der Waals surface area (Å²) in [4.78, 5) is 10.8. The molecule has 0 unspecified atom stereocenters. The van der Waals surface area contributed by atoms with E-state index in [2.05, 4.69) is 5.32 Å². The Balaban J connectivity index is 1.83. The summed E-state index contributed by atoms with van der Waals surface area (Å²) in [5.74, 6) is -0.435. The molecule has 20 heavy (non-hydrogen) atoms. The topological polar surface area (TPSA) is 58.6 Å². The Morgan fingerprint density at radius 1 is 1.20 bits per heavy atom. The molecule has 5 heteroatoms. The molecule has 0 aliphatic carbocycles. The molecule has 0 aliphatic heterocycles. The number of hydrogen-bond acceptors (Lipinski definition) is 3. The van der Waals surface area contributed by atoms with Crippen LogP contribution in [-0.4, -0.2) is 24.2 Å². The summed E-state index contributed by atoms with van der Waals surface area (Å²) in [6, 6.07) is 13.8. The van der Waals surface area contributed by atoms with E-state index < -0.39 is 5.97 Å². The average molecular weight is 292 g/mol. The maximum Gasteiger partial charge on any atom is 0.335 e. The van der Waals surface area contributed by atoms with Gasteiger partial charge in [0, 0.05) is 6.54 Å². The minimum atomic E-state index is -0.968. The first-order chi connectivity index (χ1) is 9.66. The normalized spacial score (nSPS) is 10.1. The summed E-state index contributed by atoms with van der Waals surface area (Å²) in [5, 5.41) is 12.7. The summed E-state index contributed by atoms with van der Waals surface area (Å²) < 4.78 is 5.49. The van der Waals surface area contributed by atoms with Gasteiger partial charge in [-0.1, -0.05) is 29.8 Å². The Hall–Kier alpha value is -2.20. The van der Waals surface area contributed by atoms with Gasteiger partial charge in [0.05, 0.1) is 16.3 Å². The van der Waals surface area contributed by atoms with Crippen molar-refractivity contribution in [3.05, 3.63) is 59.1 Å². The molecule has 0 amide bonds. The van der Waals surface area contributed by atoms with Crippen LogP contribution in [0, 0.1) is 0 Å². The van der Waals surface area contributed by atoms with Gasteiger partial charge in [0.15, 0.2) is 0 Å². The lowest BCUT2D eigenvalue weighted by Gasteiger charge is -2.10. The second-order valence-corrected chi connectivity index (χ2v) is 4.50. The van der Waals surface area contributed by atoms with Gasteiger partial charge in [-0.3, -0.25) is 0 Å². The van der Waals surface area contributed by atoms with Crippen LogP contribution in [0.25, 0.3) is 0 Å². The Morgan fingerprint density at radius 2 is 2.00 bits per heavy atom. The molecule has 2 rings (SSSR count). The van der Waals surface area contributed by atoms with E-state index in [1.54, 1.807) is 18.2 Å². The number of rotatable bonds is 6. The standard InChI is InChI=1S/C15H14ClNO3/c16-13-6-1-2-7-14(13)17-8-9-20-12-5-3-4-11(10-12)15(18)19/h1-7,10,17H,8-9H2,(H,18,19). The van der Waals surface area contributed by atoms with E-state index in [-0.39, 0.29) is 5.56 Å². The maximum absolute atomic E-state index is 10.8. The number of carboxylic acid groups (broad SMARTS) is 1. The minimum Gasteiger partial charge on any atom is -0.492 e. The van der Waals surface area contributed by atoms with Gasteiger partial charge in [-0.15, -0.1) is 0 Å². The number of carboxylic acids is 1. The zero-order valence-electron chi connectivity index (χ0n) is 10.7. The van der Waals surface area contributed by atoms with Crippen molar-refractivity contribution in [2.45, 2.75) is 0 Å². The van der Waals surface area contributed by atoms with Crippen molar-refractivity contribution in [3.63, 3.8) is 0 Å². The molecule has 0 atom stereocenters. The Bertz CT molecular complexity index is 601. The molecule has 4 nitrogen and oxygen atoms in total. The lowest BCUT2D eigenvalue weighted by Crippen LogP contribution is -2.12. The van der Waals surface area contributed by atoms with E-state index in [9.17, 15) is 4.79 Å². The van der Waals surface area contributed by atoms with Crippen molar-refractivity contribution in [1.82, 2.24) is 0 Å². The van der Waals surface area contributed by atoms with Gasteiger partial charge in [-0.2, -0.15) is 0 Å². The predicted molar refractivity (Wildman–Crippen MR) is 78.8 cm³/mol.